The van der Waals surface area contributed by atoms with Gasteiger partial charge < -0.3 is 10.2 Å². The number of hydrogen-bond donors (Lipinski definition) is 1. The smallest absolute Gasteiger partial charge is 0.248 e. The van der Waals surface area contributed by atoms with Crippen LogP contribution in [0.3, 0.4) is 0 Å². The Balaban J connectivity index is 3.12. The van der Waals surface area contributed by atoms with Crippen LogP contribution in [0.15, 0.2) is 0 Å². The van der Waals surface area contributed by atoms with Crippen molar-refractivity contribution in [3.05, 3.63) is 0 Å². The fraction of sp³-hybridized carbons (Fsp3) is 0.882. The maximum absolute atomic E-state index is 12.9. The largest absolute Gasteiger partial charge is 0.340 e. The molecule has 1 N–H and O–H groups in total. The van der Waals surface area contributed by atoms with Gasteiger partial charge in [0.05, 0.1) is 0 Å². The molecule has 1 aliphatic heterocycles. The van der Waals surface area contributed by atoms with Crippen molar-refractivity contribution in [2.75, 3.05) is 0 Å². The standard InChI is InChI=1S/C17H32N2O2/c1-7-9-11-13(10-8-2)19-14(12(3)4)15(20)18-17(5,6)16(19)21/h12-14H,7-11H2,1-6H3,(H,18,20). The predicted molar refractivity (Wildman–Crippen MR) is 85.9 cm³/mol. The number of carbonyl (C=O) groups is 2. The monoisotopic (exact) mass is 296 g/mol. The highest BCUT2D eigenvalue weighted by Crippen LogP contribution is 2.28. The second-order valence-electron chi connectivity index (χ2n) is 7.10. The van der Waals surface area contributed by atoms with Crippen LogP contribution in [-0.2, 0) is 9.59 Å². The minimum atomic E-state index is -0.791. The molecule has 122 valence electrons. The predicted octanol–water partition coefficient (Wildman–Crippen LogP) is 3.11. The van der Waals surface area contributed by atoms with E-state index in [1.807, 2.05) is 18.7 Å². The quantitative estimate of drug-likeness (QED) is 0.785. The van der Waals surface area contributed by atoms with E-state index in [2.05, 4.69) is 19.2 Å². The Morgan fingerprint density at radius 3 is 2.24 bits per heavy atom. The number of amides is 2. The highest BCUT2D eigenvalue weighted by atomic mass is 16.2. The molecule has 21 heavy (non-hydrogen) atoms. The third kappa shape index (κ3) is 3.98. The summed E-state index contributed by atoms with van der Waals surface area (Å²) in [6.07, 6.45) is 5.21. The second kappa shape index (κ2) is 7.28. The third-order valence-corrected chi connectivity index (χ3v) is 4.31. The first-order valence-corrected chi connectivity index (χ1v) is 8.41. The van der Waals surface area contributed by atoms with Crippen LogP contribution < -0.4 is 5.32 Å². The molecule has 0 aromatic rings. The van der Waals surface area contributed by atoms with E-state index in [1.165, 1.54) is 0 Å². The van der Waals surface area contributed by atoms with E-state index >= 15 is 0 Å². The van der Waals surface area contributed by atoms with E-state index < -0.39 is 5.54 Å². The number of unbranched alkanes of at least 4 members (excludes halogenated alkanes) is 1. The lowest BCUT2D eigenvalue weighted by Gasteiger charge is -2.48. The Morgan fingerprint density at radius 1 is 1.14 bits per heavy atom. The topological polar surface area (TPSA) is 49.4 Å². The van der Waals surface area contributed by atoms with E-state index in [0.29, 0.717) is 0 Å². The van der Waals surface area contributed by atoms with Gasteiger partial charge in [0.25, 0.3) is 0 Å². The molecule has 1 fully saturated rings. The summed E-state index contributed by atoms with van der Waals surface area (Å²) in [4.78, 5) is 27.3. The molecule has 1 aliphatic rings. The van der Waals surface area contributed by atoms with E-state index in [0.717, 1.165) is 32.1 Å². The number of hydrogen-bond acceptors (Lipinski definition) is 2. The molecular weight excluding hydrogens is 264 g/mol. The Labute approximate surface area is 129 Å². The highest BCUT2D eigenvalue weighted by Gasteiger charge is 2.48. The van der Waals surface area contributed by atoms with Gasteiger partial charge in [0.1, 0.15) is 11.6 Å². The van der Waals surface area contributed by atoms with Gasteiger partial charge in [-0.3, -0.25) is 9.59 Å². The van der Waals surface area contributed by atoms with Crippen molar-refractivity contribution >= 4 is 11.8 Å². The zero-order chi connectivity index (χ0) is 16.2. The van der Waals surface area contributed by atoms with Crippen molar-refractivity contribution in [1.82, 2.24) is 10.2 Å². The van der Waals surface area contributed by atoms with Gasteiger partial charge in [0.2, 0.25) is 11.8 Å². The van der Waals surface area contributed by atoms with Crippen LogP contribution in [0.5, 0.6) is 0 Å². The highest BCUT2D eigenvalue weighted by molar-refractivity contribution is 5.99. The van der Waals surface area contributed by atoms with Gasteiger partial charge in [0.15, 0.2) is 0 Å². The number of carbonyl (C=O) groups excluding carboxylic acids is 2. The fourth-order valence-corrected chi connectivity index (χ4v) is 3.22. The average molecular weight is 296 g/mol. The van der Waals surface area contributed by atoms with Crippen LogP contribution in [0, 0.1) is 5.92 Å². The van der Waals surface area contributed by atoms with Crippen molar-refractivity contribution in [2.45, 2.75) is 91.3 Å². The van der Waals surface area contributed by atoms with Crippen molar-refractivity contribution in [2.24, 2.45) is 5.92 Å². The summed E-state index contributed by atoms with van der Waals surface area (Å²) < 4.78 is 0. The molecule has 1 saturated heterocycles. The summed E-state index contributed by atoms with van der Waals surface area (Å²) in [6.45, 7) is 12.0. The molecule has 0 saturated carbocycles. The molecule has 0 aromatic heterocycles. The fourth-order valence-electron chi connectivity index (χ4n) is 3.22. The van der Waals surface area contributed by atoms with E-state index in [9.17, 15) is 9.59 Å². The van der Waals surface area contributed by atoms with Gasteiger partial charge in [-0.25, -0.2) is 0 Å². The summed E-state index contributed by atoms with van der Waals surface area (Å²) in [5.41, 5.74) is -0.791. The first-order valence-electron chi connectivity index (χ1n) is 8.41. The summed E-state index contributed by atoms with van der Waals surface area (Å²) in [6, 6.07) is -0.154. The van der Waals surface area contributed by atoms with Crippen molar-refractivity contribution < 1.29 is 9.59 Å². The van der Waals surface area contributed by atoms with Gasteiger partial charge in [-0.05, 0) is 32.6 Å². The molecule has 0 aromatic carbocycles. The zero-order valence-corrected chi connectivity index (χ0v) is 14.5. The molecule has 2 unspecified atom stereocenters. The summed E-state index contributed by atoms with van der Waals surface area (Å²) in [7, 11) is 0. The summed E-state index contributed by atoms with van der Waals surface area (Å²) in [5, 5.41) is 2.89. The third-order valence-electron chi connectivity index (χ3n) is 4.31. The zero-order valence-electron chi connectivity index (χ0n) is 14.5. The van der Waals surface area contributed by atoms with Crippen LogP contribution in [-0.4, -0.2) is 34.3 Å². The molecule has 4 heteroatoms. The number of rotatable bonds is 7. The molecule has 4 nitrogen and oxygen atoms in total. The normalized spacial score (nSPS) is 23.4. The number of nitrogens with zero attached hydrogens (tertiary/aromatic N) is 1. The number of nitrogens with one attached hydrogen (secondary N) is 1. The van der Waals surface area contributed by atoms with Crippen LogP contribution in [0.1, 0.15) is 73.6 Å². The van der Waals surface area contributed by atoms with Crippen LogP contribution >= 0.6 is 0 Å². The summed E-state index contributed by atoms with van der Waals surface area (Å²) in [5.74, 6) is 0.189. The number of piperazine rings is 1. The lowest BCUT2D eigenvalue weighted by Crippen LogP contribution is -2.71. The maximum atomic E-state index is 12.9. The minimum absolute atomic E-state index is 0.00722. The Kier molecular flexibility index (Phi) is 6.24. The Bertz CT molecular complexity index is 377. The van der Waals surface area contributed by atoms with E-state index in [1.54, 1.807) is 13.8 Å². The van der Waals surface area contributed by atoms with Crippen LogP contribution in [0.25, 0.3) is 0 Å². The molecule has 0 spiro atoms. The minimum Gasteiger partial charge on any atom is -0.340 e. The molecule has 0 aliphatic carbocycles. The molecule has 2 atom stereocenters. The summed E-state index contributed by atoms with van der Waals surface area (Å²) >= 11 is 0. The molecular formula is C17H32N2O2. The van der Waals surface area contributed by atoms with Gasteiger partial charge in [-0.15, -0.1) is 0 Å². The van der Waals surface area contributed by atoms with Crippen LogP contribution in [0.2, 0.25) is 0 Å². The Morgan fingerprint density at radius 2 is 1.76 bits per heavy atom. The lowest BCUT2D eigenvalue weighted by atomic mass is 9.88. The van der Waals surface area contributed by atoms with Gasteiger partial charge in [-0.2, -0.15) is 0 Å². The van der Waals surface area contributed by atoms with E-state index in [-0.39, 0.29) is 29.8 Å². The molecule has 0 bridgehead atoms. The maximum Gasteiger partial charge on any atom is 0.248 e. The van der Waals surface area contributed by atoms with E-state index in [4.69, 9.17) is 0 Å². The van der Waals surface area contributed by atoms with Crippen molar-refractivity contribution in [1.29, 1.82) is 0 Å². The second-order valence-corrected chi connectivity index (χ2v) is 7.10. The van der Waals surface area contributed by atoms with Crippen molar-refractivity contribution in [3.8, 4) is 0 Å². The average Bonchev–Trinajstić information content (AvgIpc) is 2.37. The van der Waals surface area contributed by atoms with Crippen LogP contribution in [0.4, 0.5) is 0 Å². The lowest BCUT2D eigenvalue weighted by molar-refractivity contribution is -0.159. The Hall–Kier alpha value is -1.06. The SMILES string of the molecule is CCCCC(CCC)N1C(=O)C(C)(C)NC(=O)C1C(C)C. The van der Waals surface area contributed by atoms with Gasteiger partial charge in [-0.1, -0.05) is 47.0 Å². The first-order chi connectivity index (χ1) is 9.76. The molecule has 1 rings (SSSR count). The molecule has 0 radical (unpaired) electrons. The first kappa shape index (κ1) is 18.0. The molecule has 2 amide bonds. The van der Waals surface area contributed by atoms with Gasteiger partial charge in [0, 0.05) is 6.04 Å². The van der Waals surface area contributed by atoms with Crippen molar-refractivity contribution in [3.63, 3.8) is 0 Å². The molecule has 1 heterocycles. The van der Waals surface area contributed by atoms with Gasteiger partial charge >= 0.3 is 0 Å².